The molecule has 1 fully saturated rings. The van der Waals surface area contributed by atoms with Gasteiger partial charge in [-0.1, -0.05) is 26.7 Å². The summed E-state index contributed by atoms with van der Waals surface area (Å²) in [6.07, 6.45) is 5.09. The van der Waals surface area contributed by atoms with Crippen LogP contribution in [0.5, 0.6) is 0 Å². The molecule has 0 heterocycles. The van der Waals surface area contributed by atoms with Crippen LogP contribution in [0.15, 0.2) is 0 Å². The van der Waals surface area contributed by atoms with E-state index in [-0.39, 0.29) is 24.2 Å². The summed E-state index contributed by atoms with van der Waals surface area (Å²) < 4.78 is 0. The molecule has 1 aliphatic rings. The van der Waals surface area contributed by atoms with Gasteiger partial charge in [-0.05, 0) is 19.3 Å². The first kappa shape index (κ1) is 12.9. The van der Waals surface area contributed by atoms with Gasteiger partial charge in [0.25, 0.3) is 0 Å². The van der Waals surface area contributed by atoms with Gasteiger partial charge in [0.05, 0.1) is 6.10 Å². The van der Waals surface area contributed by atoms with Crippen molar-refractivity contribution in [2.45, 2.75) is 58.1 Å². The Bertz CT molecular complexity index is 180. The Morgan fingerprint density at radius 2 is 2.00 bits per heavy atom. The summed E-state index contributed by atoms with van der Waals surface area (Å²) >= 11 is 0. The summed E-state index contributed by atoms with van der Waals surface area (Å²) in [4.78, 5) is 0. The molecular formula is C12H25NO2. The quantitative estimate of drug-likeness (QED) is 0.648. The standard InChI is InChI=1S/C12H25NO2/c1-3-12(2,9-14)8-13-10-6-4-5-7-11(10)15/h10-11,13-15H,3-9H2,1-2H3. The third kappa shape index (κ3) is 3.74. The third-order valence-corrected chi connectivity index (χ3v) is 3.76. The second-order valence-corrected chi connectivity index (χ2v) is 5.16. The fourth-order valence-corrected chi connectivity index (χ4v) is 2.02. The molecule has 3 unspecified atom stereocenters. The largest absolute Gasteiger partial charge is 0.396 e. The van der Waals surface area contributed by atoms with E-state index in [0.29, 0.717) is 0 Å². The van der Waals surface area contributed by atoms with Gasteiger partial charge in [0.2, 0.25) is 0 Å². The first-order valence-electron chi connectivity index (χ1n) is 6.13. The molecule has 0 aliphatic heterocycles. The van der Waals surface area contributed by atoms with Gasteiger partial charge < -0.3 is 15.5 Å². The molecule has 3 N–H and O–H groups in total. The van der Waals surface area contributed by atoms with Crippen LogP contribution in [0.25, 0.3) is 0 Å². The molecule has 3 nitrogen and oxygen atoms in total. The Kier molecular flexibility index (Phi) is 5.03. The Balaban J connectivity index is 2.34. The Morgan fingerprint density at radius 3 is 2.53 bits per heavy atom. The maximum atomic E-state index is 9.79. The SMILES string of the molecule is CCC(C)(CO)CNC1CCCCC1O. The number of hydrogen-bond acceptors (Lipinski definition) is 3. The smallest absolute Gasteiger partial charge is 0.0693 e. The Labute approximate surface area is 92.9 Å². The highest BCUT2D eigenvalue weighted by molar-refractivity contribution is 4.83. The second kappa shape index (κ2) is 5.83. The summed E-state index contributed by atoms with van der Waals surface area (Å²) in [7, 11) is 0. The molecule has 90 valence electrons. The molecule has 0 bridgehead atoms. The van der Waals surface area contributed by atoms with E-state index in [0.717, 1.165) is 32.2 Å². The molecule has 0 spiro atoms. The summed E-state index contributed by atoms with van der Waals surface area (Å²) in [5.41, 5.74) is -0.0445. The van der Waals surface area contributed by atoms with Gasteiger partial charge in [-0.25, -0.2) is 0 Å². The van der Waals surface area contributed by atoms with Crippen molar-refractivity contribution in [3.05, 3.63) is 0 Å². The summed E-state index contributed by atoms with van der Waals surface area (Å²) in [5.74, 6) is 0. The lowest BCUT2D eigenvalue weighted by atomic mass is 9.86. The second-order valence-electron chi connectivity index (χ2n) is 5.16. The van der Waals surface area contributed by atoms with Crippen LogP contribution in [0, 0.1) is 5.41 Å². The highest BCUT2D eigenvalue weighted by Gasteiger charge is 2.26. The number of hydrogen-bond donors (Lipinski definition) is 3. The van der Waals surface area contributed by atoms with E-state index < -0.39 is 0 Å². The van der Waals surface area contributed by atoms with Crippen LogP contribution in [-0.2, 0) is 0 Å². The molecular weight excluding hydrogens is 190 g/mol. The minimum absolute atomic E-state index is 0.0445. The summed E-state index contributed by atoms with van der Waals surface area (Å²) in [6, 6.07) is 0.233. The van der Waals surface area contributed by atoms with Gasteiger partial charge in [0.15, 0.2) is 0 Å². The third-order valence-electron chi connectivity index (χ3n) is 3.76. The Hall–Kier alpha value is -0.120. The first-order valence-corrected chi connectivity index (χ1v) is 6.13. The molecule has 1 aliphatic carbocycles. The van der Waals surface area contributed by atoms with Gasteiger partial charge in [-0.3, -0.25) is 0 Å². The van der Waals surface area contributed by atoms with E-state index in [1.54, 1.807) is 0 Å². The van der Waals surface area contributed by atoms with E-state index in [4.69, 9.17) is 0 Å². The van der Waals surface area contributed by atoms with Crippen molar-refractivity contribution in [3.8, 4) is 0 Å². The van der Waals surface area contributed by atoms with E-state index >= 15 is 0 Å². The number of aliphatic hydroxyl groups excluding tert-OH is 2. The molecule has 15 heavy (non-hydrogen) atoms. The van der Waals surface area contributed by atoms with E-state index in [1.165, 1.54) is 6.42 Å². The van der Waals surface area contributed by atoms with Gasteiger partial charge in [-0.2, -0.15) is 0 Å². The average molecular weight is 215 g/mol. The normalized spacial score (nSPS) is 31.2. The van der Waals surface area contributed by atoms with Crippen molar-refractivity contribution in [1.82, 2.24) is 5.32 Å². The predicted octanol–water partition coefficient (Wildman–Crippen LogP) is 1.29. The molecule has 0 saturated heterocycles. The van der Waals surface area contributed by atoms with Crippen molar-refractivity contribution in [2.75, 3.05) is 13.2 Å². The molecule has 0 aromatic carbocycles. The van der Waals surface area contributed by atoms with Gasteiger partial charge in [0, 0.05) is 24.6 Å². The van der Waals surface area contributed by atoms with Gasteiger partial charge >= 0.3 is 0 Å². The van der Waals surface area contributed by atoms with Crippen LogP contribution in [-0.4, -0.2) is 35.5 Å². The molecule has 0 aromatic rings. The predicted molar refractivity (Wildman–Crippen MR) is 61.7 cm³/mol. The van der Waals surface area contributed by atoms with Crippen LogP contribution in [0.2, 0.25) is 0 Å². The fraction of sp³-hybridized carbons (Fsp3) is 1.00. The van der Waals surface area contributed by atoms with Gasteiger partial charge in [0.1, 0.15) is 0 Å². The maximum Gasteiger partial charge on any atom is 0.0693 e. The molecule has 1 saturated carbocycles. The maximum absolute atomic E-state index is 9.79. The zero-order chi connectivity index (χ0) is 11.3. The zero-order valence-corrected chi connectivity index (χ0v) is 10.00. The van der Waals surface area contributed by atoms with E-state index in [2.05, 4.69) is 19.2 Å². The molecule has 3 atom stereocenters. The molecule has 0 aromatic heterocycles. The summed E-state index contributed by atoms with van der Waals surface area (Å²) in [6.45, 7) is 5.17. The summed E-state index contributed by atoms with van der Waals surface area (Å²) in [5, 5.41) is 22.5. The van der Waals surface area contributed by atoms with Crippen LogP contribution in [0.4, 0.5) is 0 Å². The lowest BCUT2D eigenvalue weighted by Crippen LogP contribution is -2.47. The Morgan fingerprint density at radius 1 is 1.33 bits per heavy atom. The minimum atomic E-state index is -0.196. The van der Waals surface area contributed by atoms with E-state index in [1.807, 2.05) is 0 Å². The number of nitrogens with one attached hydrogen (secondary N) is 1. The van der Waals surface area contributed by atoms with Crippen LogP contribution < -0.4 is 5.32 Å². The van der Waals surface area contributed by atoms with Crippen molar-refractivity contribution in [3.63, 3.8) is 0 Å². The molecule has 0 amide bonds. The number of rotatable bonds is 5. The lowest BCUT2D eigenvalue weighted by Gasteiger charge is -2.33. The van der Waals surface area contributed by atoms with Crippen molar-refractivity contribution in [1.29, 1.82) is 0 Å². The fourth-order valence-electron chi connectivity index (χ4n) is 2.02. The van der Waals surface area contributed by atoms with Crippen LogP contribution >= 0.6 is 0 Å². The molecule has 3 heteroatoms. The topological polar surface area (TPSA) is 52.5 Å². The van der Waals surface area contributed by atoms with E-state index in [9.17, 15) is 10.2 Å². The van der Waals surface area contributed by atoms with Crippen molar-refractivity contribution >= 4 is 0 Å². The zero-order valence-electron chi connectivity index (χ0n) is 10.00. The first-order chi connectivity index (χ1) is 7.11. The highest BCUT2D eigenvalue weighted by Crippen LogP contribution is 2.22. The van der Waals surface area contributed by atoms with Crippen LogP contribution in [0.1, 0.15) is 46.0 Å². The van der Waals surface area contributed by atoms with Crippen molar-refractivity contribution < 1.29 is 10.2 Å². The van der Waals surface area contributed by atoms with Crippen LogP contribution in [0.3, 0.4) is 0 Å². The van der Waals surface area contributed by atoms with Gasteiger partial charge in [-0.15, -0.1) is 0 Å². The number of aliphatic hydroxyl groups is 2. The highest BCUT2D eigenvalue weighted by atomic mass is 16.3. The van der Waals surface area contributed by atoms with Crippen molar-refractivity contribution in [2.24, 2.45) is 5.41 Å². The monoisotopic (exact) mass is 215 g/mol. The lowest BCUT2D eigenvalue weighted by molar-refractivity contribution is 0.0729. The molecule has 1 rings (SSSR count). The molecule has 0 radical (unpaired) electrons. The minimum Gasteiger partial charge on any atom is -0.396 e. The average Bonchev–Trinajstić information content (AvgIpc) is 2.28.